The molecule has 0 aromatic heterocycles. The molecule has 132 valence electrons. The van der Waals surface area contributed by atoms with Gasteiger partial charge in [-0.25, -0.2) is 0 Å². The summed E-state index contributed by atoms with van der Waals surface area (Å²) in [5.74, 6) is 1.05. The number of methoxy groups -OCH3 is 1. The molecule has 3 N–H and O–H groups in total. The van der Waals surface area contributed by atoms with Crippen molar-refractivity contribution in [3.63, 3.8) is 0 Å². The molecule has 0 aliphatic heterocycles. The van der Waals surface area contributed by atoms with Gasteiger partial charge in [0.05, 0.1) is 6.61 Å². The summed E-state index contributed by atoms with van der Waals surface area (Å²) >= 11 is 5.30. The number of nitrogens with one attached hydrogen (secondary N) is 3. The molecule has 1 fully saturated rings. The van der Waals surface area contributed by atoms with Crippen LogP contribution in [0, 0.1) is 11.8 Å². The van der Waals surface area contributed by atoms with Crippen molar-refractivity contribution in [3.8, 4) is 0 Å². The smallest absolute Gasteiger partial charge is 0.269 e. The van der Waals surface area contributed by atoms with Crippen molar-refractivity contribution >= 4 is 23.2 Å². The highest BCUT2D eigenvalue weighted by molar-refractivity contribution is 7.80. The van der Waals surface area contributed by atoms with Gasteiger partial charge in [-0.2, -0.15) is 0 Å². The van der Waals surface area contributed by atoms with E-state index in [4.69, 9.17) is 17.0 Å². The van der Waals surface area contributed by atoms with Gasteiger partial charge in [0.2, 0.25) is 0 Å². The molecule has 0 heterocycles. The van der Waals surface area contributed by atoms with Crippen LogP contribution in [0.5, 0.6) is 0 Å². The van der Waals surface area contributed by atoms with Crippen LogP contribution in [0.1, 0.15) is 49.0 Å². The van der Waals surface area contributed by atoms with Gasteiger partial charge < -0.3 is 10.1 Å². The van der Waals surface area contributed by atoms with E-state index in [2.05, 4.69) is 30.0 Å². The Bertz CT molecular complexity index is 562. The lowest BCUT2D eigenvalue weighted by atomic mass is 9.78. The second-order valence-electron chi connectivity index (χ2n) is 6.56. The number of thiocarbonyl (C=S) groups is 1. The van der Waals surface area contributed by atoms with Gasteiger partial charge in [0, 0.05) is 18.7 Å². The number of amides is 1. The topological polar surface area (TPSA) is 62.4 Å². The molecule has 2 rings (SSSR count). The van der Waals surface area contributed by atoms with Gasteiger partial charge in [-0.05, 0) is 48.2 Å². The summed E-state index contributed by atoms with van der Waals surface area (Å²) in [6.45, 7) is 5.07. The van der Waals surface area contributed by atoms with E-state index in [1.807, 2.05) is 12.1 Å². The Labute approximate surface area is 149 Å². The maximum absolute atomic E-state index is 12.1. The molecule has 0 spiro atoms. The van der Waals surface area contributed by atoms with Crippen LogP contribution in [-0.4, -0.2) is 24.2 Å². The van der Waals surface area contributed by atoms with Crippen LogP contribution in [0.3, 0.4) is 0 Å². The van der Waals surface area contributed by atoms with E-state index in [0.717, 1.165) is 12.0 Å². The lowest BCUT2D eigenvalue weighted by Gasteiger charge is -2.35. The van der Waals surface area contributed by atoms with E-state index < -0.39 is 0 Å². The molecule has 5 nitrogen and oxygen atoms in total. The van der Waals surface area contributed by atoms with E-state index in [9.17, 15) is 4.79 Å². The van der Waals surface area contributed by atoms with Crippen LogP contribution >= 0.6 is 12.2 Å². The summed E-state index contributed by atoms with van der Waals surface area (Å²) < 4.78 is 5.06. The van der Waals surface area contributed by atoms with Crippen LogP contribution in [0.15, 0.2) is 24.3 Å². The van der Waals surface area contributed by atoms with Crippen molar-refractivity contribution < 1.29 is 9.53 Å². The summed E-state index contributed by atoms with van der Waals surface area (Å²) in [5.41, 5.74) is 7.04. The number of ether oxygens (including phenoxy) is 1. The lowest BCUT2D eigenvalue weighted by molar-refractivity contribution is 0.0943. The Morgan fingerprint density at radius 1 is 1.21 bits per heavy atom. The summed E-state index contributed by atoms with van der Waals surface area (Å²) in [7, 11) is 1.65. The number of rotatable bonds is 4. The van der Waals surface area contributed by atoms with E-state index in [0.29, 0.717) is 35.2 Å². The average Bonchev–Trinajstić information content (AvgIpc) is 2.58. The van der Waals surface area contributed by atoms with Crippen LogP contribution in [0.2, 0.25) is 0 Å². The fourth-order valence-corrected chi connectivity index (χ4v) is 3.30. The van der Waals surface area contributed by atoms with E-state index in [1.54, 1.807) is 19.2 Å². The molecule has 1 aromatic rings. The first-order chi connectivity index (χ1) is 11.5. The van der Waals surface area contributed by atoms with E-state index in [1.165, 1.54) is 12.8 Å². The third-order valence-corrected chi connectivity index (χ3v) is 5.06. The Morgan fingerprint density at radius 2 is 1.92 bits per heavy atom. The molecule has 0 radical (unpaired) electrons. The first-order valence-corrected chi connectivity index (χ1v) is 8.86. The van der Waals surface area contributed by atoms with Crippen molar-refractivity contribution in [2.75, 3.05) is 7.11 Å². The highest BCUT2D eigenvalue weighted by Crippen LogP contribution is 2.29. The maximum Gasteiger partial charge on any atom is 0.269 e. The van der Waals surface area contributed by atoms with Gasteiger partial charge in [-0.15, -0.1) is 0 Å². The number of hydrogen-bond donors (Lipinski definition) is 3. The third-order valence-electron chi connectivity index (χ3n) is 4.84. The van der Waals surface area contributed by atoms with Crippen molar-refractivity contribution in [2.45, 2.75) is 45.8 Å². The molecule has 1 aliphatic carbocycles. The molecule has 3 atom stereocenters. The first-order valence-electron chi connectivity index (χ1n) is 8.46. The zero-order valence-corrected chi connectivity index (χ0v) is 15.4. The predicted octanol–water partition coefficient (Wildman–Crippen LogP) is 2.77. The molecule has 1 amide bonds. The van der Waals surface area contributed by atoms with Gasteiger partial charge in [0.25, 0.3) is 5.91 Å². The molecule has 0 bridgehead atoms. The summed E-state index contributed by atoms with van der Waals surface area (Å²) in [5, 5.41) is 3.78. The van der Waals surface area contributed by atoms with Crippen LogP contribution in [0.25, 0.3) is 0 Å². The second-order valence-corrected chi connectivity index (χ2v) is 6.96. The minimum absolute atomic E-state index is 0.215. The Hall–Kier alpha value is -1.66. The van der Waals surface area contributed by atoms with Crippen molar-refractivity contribution in [1.29, 1.82) is 0 Å². The highest BCUT2D eigenvalue weighted by Gasteiger charge is 2.27. The van der Waals surface area contributed by atoms with Gasteiger partial charge in [-0.3, -0.25) is 15.6 Å². The van der Waals surface area contributed by atoms with Crippen molar-refractivity contribution in [2.24, 2.45) is 11.8 Å². The van der Waals surface area contributed by atoms with Crippen molar-refractivity contribution in [1.82, 2.24) is 16.2 Å². The van der Waals surface area contributed by atoms with Crippen molar-refractivity contribution in [3.05, 3.63) is 35.4 Å². The summed E-state index contributed by atoms with van der Waals surface area (Å²) in [6, 6.07) is 7.65. The first kappa shape index (κ1) is 18.7. The molecule has 1 saturated carbocycles. The zero-order chi connectivity index (χ0) is 17.5. The van der Waals surface area contributed by atoms with Crippen LogP contribution < -0.4 is 16.2 Å². The third kappa shape index (κ3) is 5.18. The number of hydrogen-bond acceptors (Lipinski definition) is 3. The summed E-state index contributed by atoms with van der Waals surface area (Å²) in [6.07, 6.45) is 3.60. The zero-order valence-electron chi connectivity index (χ0n) is 14.6. The number of benzene rings is 1. The minimum Gasteiger partial charge on any atom is -0.380 e. The lowest BCUT2D eigenvalue weighted by Crippen LogP contribution is -2.52. The van der Waals surface area contributed by atoms with Gasteiger partial charge in [0.15, 0.2) is 5.11 Å². The Kier molecular flexibility index (Phi) is 6.99. The van der Waals surface area contributed by atoms with Gasteiger partial charge in [-0.1, -0.05) is 38.8 Å². The van der Waals surface area contributed by atoms with E-state index in [-0.39, 0.29) is 5.91 Å². The van der Waals surface area contributed by atoms with E-state index >= 15 is 0 Å². The Morgan fingerprint density at radius 3 is 2.58 bits per heavy atom. The molecule has 1 aromatic carbocycles. The fourth-order valence-electron chi connectivity index (χ4n) is 3.09. The van der Waals surface area contributed by atoms with Crippen LogP contribution in [0.4, 0.5) is 0 Å². The monoisotopic (exact) mass is 349 g/mol. The molecule has 0 saturated heterocycles. The normalized spacial score (nSPS) is 23.4. The number of carbonyl (C=O) groups is 1. The average molecular weight is 350 g/mol. The molecular weight excluding hydrogens is 322 g/mol. The second kappa shape index (κ2) is 8.99. The maximum atomic E-state index is 12.1. The largest absolute Gasteiger partial charge is 0.380 e. The van der Waals surface area contributed by atoms with Gasteiger partial charge in [0.1, 0.15) is 0 Å². The molecular formula is C18H27N3O2S. The standard InChI is InChI=1S/C18H27N3O2S/c1-12-5-4-6-16(13(12)2)19-18(24)21-20-17(22)15-9-7-14(8-10-15)11-23-3/h7-10,12-13,16H,4-6,11H2,1-3H3,(H,20,22)(H2,19,21,24)/t12-,13-,16+/m1/s1. The number of carbonyl (C=O) groups excluding carboxylic acids is 1. The van der Waals surface area contributed by atoms with Crippen LogP contribution in [-0.2, 0) is 11.3 Å². The molecule has 1 aliphatic rings. The molecule has 6 heteroatoms. The number of hydrazine groups is 1. The highest BCUT2D eigenvalue weighted by atomic mass is 32.1. The fraction of sp³-hybridized carbons (Fsp3) is 0.556. The quantitative estimate of drug-likeness (QED) is 0.576. The Balaban J connectivity index is 1.79. The van der Waals surface area contributed by atoms with Gasteiger partial charge >= 0.3 is 0 Å². The summed E-state index contributed by atoms with van der Waals surface area (Å²) in [4.78, 5) is 12.1. The molecule has 0 unspecified atom stereocenters. The minimum atomic E-state index is -0.215. The molecule has 24 heavy (non-hydrogen) atoms. The predicted molar refractivity (Wildman–Crippen MR) is 99.5 cm³/mol. The SMILES string of the molecule is COCc1ccc(C(=O)NNC(=S)N[C@H]2CCC[C@@H](C)[C@H]2C)cc1.